The molecule has 0 bridgehead atoms. The molecular weight excluding hydrogens is 290 g/mol. The fraction of sp³-hybridized carbons (Fsp3) is 0.625. The summed E-state index contributed by atoms with van der Waals surface area (Å²) in [5.74, 6) is 0.297. The van der Waals surface area contributed by atoms with Crippen molar-refractivity contribution >= 4 is 11.6 Å². The molecule has 4 nitrogen and oxygen atoms in total. The molecule has 2 rings (SSSR count). The Morgan fingerprint density at radius 3 is 2.29 bits per heavy atom. The lowest BCUT2D eigenvalue weighted by molar-refractivity contribution is -0.119. The highest BCUT2D eigenvalue weighted by molar-refractivity contribution is 6.30. The van der Waals surface area contributed by atoms with Crippen molar-refractivity contribution in [3.8, 4) is 0 Å². The Labute approximate surface area is 131 Å². The number of hydrogen-bond donors (Lipinski definition) is 1. The van der Waals surface area contributed by atoms with Crippen LogP contribution in [0.1, 0.15) is 24.5 Å². The topological polar surface area (TPSA) is 41.9 Å². The van der Waals surface area contributed by atoms with E-state index in [1.54, 1.807) is 14.2 Å². The number of rotatable bonds is 6. The molecule has 0 unspecified atom stereocenters. The third kappa shape index (κ3) is 4.66. The van der Waals surface area contributed by atoms with Gasteiger partial charge in [-0.05, 0) is 49.5 Å². The lowest BCUT2D eigenvalue weighted by atomic mass is 9.87. The van der Waals surface area contributed by atoms with Crippen LogP contribution in [-0.2, 0) is 9.47 Å². The molecule has 0 saturated carbocycles. The number of piperidine rings is 1. The number of hydrogen-bond acceptors (Lipinski definition) is 4. The molecule has 0 amide bonds. The maximum atomic E-state index is 10.5. The number of halogens is 1. The molecule has 1 aromatic carbocycles. The fourth-order valence-corrected chi connectivity index (χ4v) is 2.97. The van der Waals surface area contributed by atoms with E-state index in [1.165, 1.54) is 0 Å². The molecule has 5 heteroatoms. The first-order valence-electron chi connectivity index (χ1n) is 7.35. The molecule has 21 heavy (non-hydrogen) atoms. The van der Waals surface area contributed by atoms with E-state index in [4.69, 9.17) is 21.1 Å². The van der Waals surface area contributed by atoms with Gasteiger partial charge >= 0.3 is 0 Å². The van der Waals surface area contributed by atoms with Crippen LogP contribution in [0.3, 0.4) is 0 Å². The monoisotopic (exact) mass is 313 g/mol. The minimum atomic E-state index is -0.412. The molecule has 1 aliphatic rings. The van der Waals surface area contributed by atoms with Crippen molar-refractivity contribution in [1.82, 2.24) is 4.90 Å². The standard InChI is InChI=1S/C16H24ClNO3/c1-20-15(21-2)11-18-9-7-13(8-10-18)16(19)12-3-5-14(17)6-4-12/h3-6,13,15-16,19H,7-11H2,1-2H3/t16-/m0/s1. The summed E-state index contributed by atoms with van der Waals surface area (Å²) in [4.78, 5) is 2.32. The average Bonchev–Trinajstić information content (AvgIpc) is 2.53. The van der Waals surface area contributed by atoms with E-state index in [9.17, 15) is 5.11 Å². The molecule has 1 heterocycles. The van der Waals surface area contributed by atoms with Crippen LogP contribution in [0.5, 0.6) is 0 Å². The van der Waals surface area contributed by atoms with E-state index in [2.05, 4.69) is 4.90 Å². The smallest absolute Gasteiger partial charge is 0.169 e. The van der Waals surface area contributed by atoms with Gasteiger partial charge in [0.15, 0.2) is 6.29 Å². The maximum Gasteiger partial charge on any atom is 0.169 e. The van der Waals surface area contributed by atoms with Gasteiger partial charge in [-0.1, -0.05) is 23.7 Å². The van der Waals surface area contributed by atoms with Crippen LogP contribution in [0.4, 0.5) is 0 Å². The number of methoxy groups -OCH3 is 2. The molecule has 1 aromatic rings. The number of aliphatic hydroxyl groups is 1. The number of aliphatic hydroxyl groups excluding tert-OH is 1. The van der Waals surface area contributed by atoms with Crippen LogP contribution in [0.2, 0.25) is 5.02 Å². The lowest BCUT2D eigenvalue weighted by Gasteiger charge is -2.35. The average molecular weight is 314 g/mol. The first-order valence-corrected chi connectivity index (χ1v) is 7.73. The minimum absolute atomic E-state index is 0.178. The number of ether oxygens (including phenoxy) is 2. The first-order chi connectivity index (χ1) is 10.1. The van der Waals surface area contributed by atoms with Gasteiger partial charge < -0.3 is 14.6 Å². The summed E-state index contributed by atoms with van der Waals surface area (Å²) >= 11 is 5.89. The van der Waals surface area contributed by atoms with Crippen molar-refractivity contribution in [2.75, 3.05) is 33.9 Å². The molecule has 118 valence electrons. The van der Waals surface area contributed by atoms with Gasteiger partial charge in [-0.25, -0.2) is 0 Å². The third-order valence-electron chi connectivity index (χ3n) is 4.22. The Kier molecular flexibility index (Phi) is 6.45. The van der Waals surface area contributed by atoms with E-state index in [1.807, 2.05) is 24.3 Å². The molecule has 0 spiro atoms. The molecule has 1 N–H and O–H groups in total. The predicted octanol–water partition coefficient (Wildman–Crippen LogP) is 2.70. The molecule has 1 aliphatic heterocycles. The van der Waals surface area contributed by atoms with Crippen molar-refractivity contribution in [3.05, 3.63) is 34.9 Å². The summed E-state index contributed by atoms with van der Waals surface area (Å²) in [6.07, 6.45) is 1.36. The Morgan fingerprint density at radius 2 is 1.76 bits per heavy atom. The van der Waals surface area contributed by atoms with Gasteiger partial charge in [0.1, 0.15) is 0 Å². The largest absolute Gasteiger partial charge is 0.388 e. The van der Waals surface area contributed by atoms with Crippen LogP contribution in [0.25, 0.3) is 0 Å². The second kappa shape index (κ2) is 8.11. The zero-order chi connectivity index (χ0) is 15.2. The van der Waals surface area contributed by atoms with Crippen molar-refractivity contribution in [3.63, 3.8) is 0 Å². The normalized spacial score (nSPS) is 19.1. The molecule has 1 atom stereocenters. The van der Waals surface area contributed by atoms with Crippen molar-refractivity contribution in [2.24, 2.45) is 5.92 Å². The molecule has 0 aliphatic carbocycles. The van der Waals surface area contributed by atoms with Crippen LogP contribution in [0.15, 0.2) is 24.3 Å². The zero-order valence-corrected chi connectivity index (χ0v) is 13.4. The summed E-state index contributed by atoms with van der Waals surface area (Å²) in [7, 11) is 3.32. The third-order valence-corrected chi connectivity index (χ3v) is 4.48. The summed E-state index contributed by atoms with van der Waals surface area (Å²) in [5.41, 5.74) is 0.949. The van der Waals surface area contributed by atoms with Gasteiger partial charge in [0.05, 0.1) is 6.10 Å². The number of likely N-dealkylation sites (tertiary alicyclic amines) is 1. The zero-order valence-electron chi connectivity index (χ0n) is 12.7. The summed E-state index contributed by atoms with van der Waals surface area (Å²) in [5, 5.41) is 11.2. The molecule has 0 aromatic heterocycles. The van der Waals surface area contributed by atoms with Gasteiger partial charge in [0.25, 0.3) is 0 Å². The Morgan fingerprint density at radius 1 is 1.19 bits per heavy atom. The number of benzene rings is 1. The van der Waals surface area contributed by atoms with Gasteiger partial charge in [-0.2, -0.15) is 0 Å². The van der Waals surface area contributed by atoms with Gasteiger partial charge in [-0.15, -0.1) is 0 Å². The van der Waals surface area contributed by atoms with Crippen molar-refractivity contribution in [2.45, 2.75) is 25.2 Å². The highest BCUT2D eigenvalue weighted by Gasteiger charge is 2.27. The van der Waals surface area contributed by atoms with E-state index >= 15 is 0 Å². The quantitative estimate of drug-likeness (QED) is 0.820. The van der Waals surface area contributed by atoms with Gasteiger partial charge in [-0.3, -0.25) is 4.90 Å². The fourth-order valence-electron chi connectivity index (χ4n) is 2.84. The van der Waals surface area contributed by atoms with E-state index in [0.29, 0.717) is 10.9 Å². The first kappa shape index (κ1) is 16.7. The molecule has 1 saturated heterocycles. The molecular formula is C16H24ClNO3. The Bertz CT molecular complexity index is 414. The predicted molar refractivity (Wildman–Crippen MR) is 83.4 cm³/mol. The van der Waals surface area contributed by atoms with Gasteiger partial charge in [0, 0.05) is 25.8 Å². The Balaban J connectivity index is 1.84. The molecule has 1 fully saturated rings. The van der Waals surface area contributed by atoms with Crippen LogP contribution in [0, 0.1) is 5.92 Å². The maximum absolute atomic E-state index is 10.5. The summed E-state index contributed by atoms with van der Waals surface area (Å²) in [6, 6.07) is 7.48. The van der Waals surface area contributed by atoms with Crippen molar-refractivity contribution in [1.29, 1.82) is 0 Å². The highest BCUT2D eigenvalue weighted by atomic mass is 35.5. The Hall–Kier alpha value is -0.650. The molecule has 0 radical (unpaired) electrons. The second-order valence-electron chi connectivity index (χ2n) is 5.54. The lowest BCUT2D eigenvalue weighted by Crippen LogP contribution is -2.41. The summed E-state index contributed by atoms with van der Waals surface area (Å²) < 4.78 is 10.5. The van der Waals surface area contributed by atoms with E-state index in [0.717, 1.165) is 38.0 Å². The van der Waals surface area contributed by atoms with Crippen molar-refractivity contribution < 1.29 is 14.6 Å². The van der Waals surface area contributed by atoms with Crippen LogP contribution in [-0.4, -0.2) is 50.2 Å². The number of nitrogens with zero attached hydrogens (tertiary/aromatic N) is 1. The second-order valence-corrected chi connectivity index (χ2v) is 5.97. The summed E-state index contributed by atoms with van der Waals surface area (Å²) in [6.45, 7) is 2.69. The minimum Gasteiger partial charge on any atom is -0.388 e. The van der Waals surface area contributed by atoms with E-state index < -0.39 is 6.10 Å². The SMILES string of the molecule is COC(CN1CCC([C@@H](O)c2ccc(Cl)cc2)CC1)OC. The highest BCUT2D eigenvalue weighted by Crippen LogP contribution is 2.31. The van der Waals surface area contributed by atoms with Crippen LogP contribution >= 0.6 is 11.6 Å². The van der Waals surface area contributed by atoms with Crippen LogP contribution < -0.4 is 0 Å². The van der Waals surface area contributed by atoms with E-state index in [-0.39, 0.29) is 6.29 Å². The van der Waals surface area contributed by atoms with Gasteiger partial charge in [0.2, 0.25) is 0 Å².